The Morgan fingerprint density at radius 1 is 1.38 bits per heavy atom. The molecule has 1 atom stereocenters. The molecule has 1 unspecified atom stereocenters. The molecule has 1 fully saturated rings. The van der Waals surface area contributed by atoms with E-state index < -0.39 is 0 Å². The zero-order chi connectivity index (χ0) is 15.1. The van der Waals surface area contributed by atoms with Crippen molar-refractivity contribution < 1.29 is 4.79 Å². The molecule has 114 valence electrons. The number of piperidine rings is 1. The van der Waals surface area contributed by atoms with Gasteiger partial charge in [-0.15, -0.1) is 0 Å². The standard InChI is InChI=1S/C18H26N2O/c1-3-15(2)18(21)19-17-10-7-12-20(14-17)13-11-16-8-5-4-6-9-16/h3-6,8-9,17H,7,10-14H2,1-2H3,(H,19,21)/b15-3+. The molecule has 2 rings (SSSR count). The maximum absolute atomic E-state index is 11.9. The molecule has 1 amide bonds. The van der Waals surface area contributed by atoms with Gasteiger partial charge in [-0.05, 0) is 45.2 Å². The number of amides is 1. The van der Waals surface area contributed by atoms with E-state index in [-0.39, 0.29) is 11.9 Å². The lowest BCUT2D eigenvalue weighted by atomic mass is 10.0. The SMILES string of the molecule is C/C=C(\C)C(=O)NC1CCCN(CCc2ccccc2)C1. The highest BCUT2D eigenvalue weighted by Crippen LogP contribution is 2.12. The van der Waals surface area contributed by atoms with E-state index in [2.05, 4.69) is 40.5 Å². The van der Waals surface area contributed by atoms with Gasteiger partial charge in [0.05, 0.1) is 0 Å². The number of benzene rings is 1. The van der Waals surface area contributed by atoms with E-state index in [4.69, 9.17) is 0 Å². The van der Waals surface area contributed by atoms with Crippen LogP contribution in [-0.4, -0.2) is 36.5 Å². The number of nitrogens with one attached hydrogen (secondary N) is 1. The first-order chi connectivity index (χ1) is 10.2. The van der Waals surface area contributed by atoms with Gasteiger partial charge in [0.25, 0.3) is 0 Å². The van der Waals surface area contributed by atoms with E-state index in [0.29, 0.717) is 0 Å². The van der Waals surface area contributed by atoms with Crippen molar-refractivity contribution in [3.05, 3.63) is 47.5 Å². The summed E-state index contributed by atoms with van der Waals surface area (Å²) in [5.74, 6) is 0.0763. The van der Waals surface area contributed by atoms with E-state index in [9.17, 15) is 4.79 Å². The number of likely N-dealkylation sites (tertiary alicyclic amines) is 1. The summed E-state index contributed by atoms with van der Waals surface area (Å²) in [6, 6.07) is 10.9. The van der Waals surface area contributed by atoms with Gasteiger partial charge in [-0.25, -0.2) is 0 Å². The second-order valence-corrected chi connectivity index (χ2v) is 5.82. The Morgan fingerprint density at radius 3 is 2.86 bits per heavy atom. The average molecular weight is 286 g/mol. The van der Waals surface area contributed by atoms with Crippen molar-refractivity contribution >= 4 is 5.91 Å². The third-order valence-corrected chi connectivity index (χ3v) is 4.19. The smallest absolute Gasteiger partial charge is 0.246 e. The quantitative estimate of drug-likeness (QED) is 0.844. The van der Waals surface area contributed by atoms with Crippen LogP contribution in [0.4, 0.5) is 0 Å². The van der Waals surface area contributed by atoms with Crippen molar-refractivity contribution in [1.82, 2.24) is 10.2 Å². The van der Waals surface area contributed by atoms with E-state index in [1.54, 1.807) is 0 Å². The Bertz CT molecular complexity index is 481. The number of hydrogen-bond acceptors (Lipinski definition) is 2. The van der Waals surface area contributed by atoms with Gasteiger partial charge in [0.1, 0.15) is 0 Å². The first-order valence-corrected chi connectivity index (χ1v) is 7.89. The van der Waals surface area contributed by atoms with Crippen molar-refractivity contribution in [2.24, 2.45) is 0 Å². The van der Waals surface area contributed by atoms with Gasteiger partial charge in [-0.3, -0.25) is 4.79 Å². The van der Waals surface area contributed by atoms with Crippen LogP contribution in [0.5, 0.6) is 0 Å². The van der Waals surface area contributed by atoms with Crippen molar-refractivity contribution in [1.29, 1.82) is 0 Å². The van der Waals surface area contributed by atoms with Crippen LogP contribution in [0.3, 0.4) is 0 Å². The fraction of sp³-hybridized carbons (Fsp3) is 0.500. The van der Waals surface area contributed by atoms with Gasteiger partial charge >= 0.3 is 0 Å². The second-order valence-electron chi connectivity index (χ2n) is 5.82. The number of nitrogens with zero attached hydrogens (tertiary/aromatic N) is 1. The Hall–Kier alpha value is -1.61. The first-order valence-electron chi connectivity index (χ1n) is 7.89. The van der Waals surface area contributed by atoms with Crippen LogP contribution in [-0.2, 0) is 11.2 Å². The van der Waals surface area contributed by atoms with Crippen LogP contribution in [0.1, 0.15) is 32.3 Å². The number of rotatable bonds is 5. The second kappa shape index (κ2) is 7.99. The summed E-state index contributed by atoms with van der Waals surface area (Å²) in [4.78, 5) is 14.4. The maximum atomic E-state index is 11.9. The molecule has 3 nitrogen and oxygen atoms in total. The molecule has 0 bridgehead atoms. The van der Waals surface area contributed by atoms with E-state index in [1.165, 1.54) is 5.56 Å². The highest BCUT2D eigenvalue weighted by atomic mass is 16.1. The summed E-state index contributed by atoms with van der Waals surface area (Å²) in [5, 5.41) is 3.15. The zero-order valence-corrected chi connectivity index (χ0v) is 13.1. The van der Waals surface area contributed by atoms with Crippen LogP contribution in [0, 0.1) is 0 Å². The molecular formula is C18H26N2O. The van der Waals surface area contributed by atoms with Gasteiger partial charge in [0, 0.05) is 24.7 Å². The van der Waals surface area contributed by atoms with Gasteiger partial charge in [-0.1, -0.05) is 36.4 Å². The molecule has 1 aliphatic heterocycles. The molecule has 1 saturated heterocycles. The Labute approximate surface area is 128 Å². The molecule has 3 heteroatoms. The Balaban J connectivity index is 1.79. The minimum absolute atomic E-state index is 0.0763. The number of carbonyl (C=O) groups excluding carboxylic acids is 1. The first kappa shape index (κ1) is 15.8. The fourth-order valence-corrected chi connectivity index (χ4v) is 2.74. The minimum Gasteiger partial charge on any atom is -0.348 e. The molecule has 21 heavy (non-hydrogen) atoms. The molecular weight excluding hydrogens is 260 g/mol. The third kappa shape index (κ3) is 5.01. The normalized spacial score (nSPS) is 20.3. The predicted octanol–water partition coefficient (Wildman–Crippen LogP) is 2.78. The topological polar surface area (TPSA) is 32.3 Å². The lowest BCUT2D eigenvalue weighted by molar-refractivity contribution is -0.118. The van der Waals surface area contributed by atoms with Crippen LogP contribution in [0.25, 0.3) is 0 Å². The van der Waals surface area contributed by atoms with Gasteiger partial charge in [0.2, 0.25) is 5.91 Å². The van der Waals surface area contributed by atoms with Crippen molar-refractivity contribution in [3.8, 4) is 0 Å². The molecule has 0 radical (unpaired) electrons. The molecule has 1 aromatic carbocycles. The molecule has 0 spiro atoms. The molecule has 1 aromatic rings. The summed E-state index contributed by atoms with van der Waals surface area (Å²) in [7, 11) is 0. The Kier molecular flexibility index (Phi) is 6.00. The highest BCUT2D eigenvalue weighted by Gasteiger charge is 2.21. The summed E-state index contributed by atoms with van der Waals surface area (Å²) in [6.07, 6.45) is 5.19. The van der Waals surface area contributed by atoms with Gasteiger partial charge < -0.3 is 10.2 Å². The third-order valence-electron chi connectivity index (χ3n) is 4.19. The van der Waals surface area contributed by atoms with Crippen LogP contribution < -0.4 is 5.32 Å². The summed E-state index contributed by atoms with van der Waals surface area (Å²) in [6.45, 7) is 6.95. The van der Waals surface area contributed by atoms with E-state index >= 15 is 0 Å². The summed E-state index contributed by atoms with van der Waals surface area (Å²) in [5.41, 5.74) is 2.19. The molecule has 1 N–H and O–H groups in total. The van der Waals surface area contributed by atoms with Gasteiger partial charge in [-0.2, -0.15) is 0 Å². The highest BCUT2D eigenvalue weighted by molar-refractivity contribution is 5.92. The molecule has 1 aliphatic rings. The number of hydrogen-bond donors (Lipinski definition) is 1. The number of carbonyl (C=O) groups is 1. The molecule has 0 saturated carbocycles. The lowest BCUT2D eigenvalue weighted by Crippen LogP contribution is -2.48. The van der Waals surface area contributed by atoms with Crippen LogP contribution in [0.2, 0.25) is 0 Å². The van der Waals surface area contributed by atoms with Crippen molar-refractivity contribution in [2.45, 2.75) is 39.2 Å². The van der Waals surface area contributed by atoms with Crippen LogP contribution in [0.15, 0.2) is 42.0 Å². The maximum Gasteiger partial charge on any atom is 0.246 e. The van der Waals surface area contributed by atoms with E-state index in [1.807, 2.05) is 19.9 Å². The van der Waals surface area contributed by atoms with Crippen molar-refractivity contribution in [2.75, 3.05) is 19.6 Å². The van der Waals surface area contributed by atoms with Gasteiger partial charge in [0.15, 0.2) is 0 Å². The summed E-state index contributed by atoms with van der Waals surface area (Å²) < 4.78 is 0. The van der Waals surface area contributed by atoms with E-state index in [0.717, 1.165) is 44.5 Å². The summed E-state index contributed by atoms with van der Waals surface area (Å²) >= 11 is 0. The monoisotopic (exact) mass is 286 g/mol. The lowest BCUT2D eigenvalue weighted by Gasteiger charge is -2.33. The molecule has 0 aromatic heterocycles. The van der Waals surface area contributed by atoms with Crippen molar-refractivity contribution in [3.63, 3.8) is 0 Å². The fourth-order valence-electron chi connectivity index (χ4n) is 2.74. The van der Waals surface area contributed by atoms with Crippen LogP contribution >= 0.6 is 0 Å². The predicted molar refractivity (Wildman–Crippen MR) is 87.2 cm³/mol. The largest absolute Gasteiger partial charge is 0.348 e. The zero-order valence-electron chi connectivity index (χ0n) is 13.1. The Morgan fingerprint density at radius 2 is 2.14 bits per heavy atom. The number of allylic oxidation sites excluding steroid dienone is 1. The molecule has 0 aliphatic carbocycles. The average Bonchev–Trinajstić information content (AvgIpc) is 2.53. The minimum atomic E-state index is 0.0763. The molecule has 1 heterocycles.